The van der Waals surface area contributed by atoms with Crippen molar-refractivity contribution in [2.24, 2.45) is 5.73 Å². The van der Waals surface area contributed by atoms with Crippen LogP contribution in [-0.4, -0.2) is 19.9 Å². The Morgan fingerprint density at radius 3 is 2.83 bits per heavy atom. The molecule has 18 heavy (non-hydrogen) atoms. The van der Waals surface area contributed by atoms with Crippen molar-refractivity contribution in [3.63, 3.8) is 0 Å². The lowest BCUT2D eigenvalue weighted by molar-refractivity contribution is 0.421. The first-order valence-electron chi connectivity index (χ1n) is 6.19. The second-order valence-electron chi connectivity index (χ2n) is 4.70. The first-order valence-corrected chi connectivity index (χ1v) is 6.19. The number of aromatic hydroxyl groups is 1. The fraction of sp³-hybridized carbons (Fsp3) is 0.385. The van der Waals surface area contributed by atoms with Crippen LogP contribution in [0.3, 0.4) is 0 Å². The Labute approximate surface area is 105 Å². The van der Waals surface area contributed by atoms with Gasteiger partial charge >= 0.3 is 0 Å². The SMILES string of the molecule is NC1CCCn2nc(Cc3ccc(O)cc3)nc21. The first kappa shape index (κ1) is 11.2. The molecule has 0 amide bonds. The van der Waals surface area contributed by atoms with Crippen molar-refractivity contribution in [3.8, 4) is 5.75 Å². The Kier molecular flexibility index (Phi) is 2.76. The van der Waals surface area contributed by atoms with E-state index in [1.807, 2.05) is 16.8 Å². The molecule has 1 aromatic heterocycles. The molecule has 2 heterocycles. The maximum Gasteiger partial charge on any atom is 0.155 e. The highest BCUT2D eigenvalue weighted by atomic mass is 16.3. The average Bonchev–Trinajstić information content (AvgIpc) is 2.76. The van der Waals surface area contributed by atoms with Gasteiger partial charge in [-0.3, -0.25) is 0 Å². The van der Waals surface area contributed by atoms with E-state index in [9.17, 15) is 5.11 Å². The van der Waals surface area contributed by atoms with Crippen LogP contribution in [-0.2, 0) is 13.0 Å². The Morgan fingerprint density at radius 1 is 1.33 bits per heavy atom. The Hall–Kier alpha value is -1.88. The lowest BCUT2D eigenvalue weighted by Crippen LogP contribution is -2.22. The number of phenols is 1. The molecule has 0 radical (unpaired) electrons. The number of phenolic OH excluding ortho intramolecular Hbond substituents is 1. The highest BCUT2D eigenvalue weighted by Gasteiger charge is 2.20. The van der Waals surface area contributed by atoms with Gasteiger partial charge in [-0.2, -0.15) is 5.10 Å². The molecule has 3 N–H and O–H groups in total. The molecule has 1 aliphatic heterocycles. The van der Waals surface area contributed by atoms with Gasteiger partial charge in [-0.05, 0) is 30.5 Å². The van der Waals surface area contributed by atoms with Crippen molar-refractivity contribution >= 4 is 0 Å². The van der Waals surface area contributed by atoms with Crippen LogP contribution in [0.2, 0.25) is 0 Å². The monoisotopic (exact) mass is 244 g/mol. The molecule has 1 aromatic carbocycles. The normalized spacial score (nSPS) is 18.6. The number of hydrogen-bond acceptors (Lipinski definition) is 4. The third kappa shape index (κ3) is 2.09. The summed E-state index contributed by atoms with van der Waals surface area (Å²) in [6.45, 7) is 0.908. The van der Waals surface area contributed by atoms with Crippen LogP contribution in [0.4, 0.5) is 0 Å². The van der Waals surface area contributed by atoms with Crippen LogP contribution in [0.25, 0.3) is 0 Å². The standard InChI is InChI=1S/C13H16N4O/c14-11-2-1-7-17-13(11)15-12(16-17)8-9-3-5-10(18)6-4-9/h3-6,11,18H,1-2,7-8,14H2. The van der Waals surface area contributed by atoms with Gasteiger partial charge in [-0.15, -0.1) is 0 Å². The van der Waals surface area contributed by atoms with E-state index in [-0.39, 0.29) is 11.8 Å². The summed E-state index contributed by atoms with van der Waals surface area (Å²) in [5.74, 6) is 1.97. The van der Waals surface area contributed by atoms with E-state index in [0.29, 0.717) is 6.42 Å². The largest absolute Gasteiger partial charge is 0.508 e. The molecule has 0 saturated carbocycles. The first-order chi connectivity index (χ1) is 8.72. The second kappa shape index (κ2) is 4.42. The van der Waals surface area contributed by atoms with Crippen molar-refractivity contribution in [1.29, 1.82) is 0 Å². The summed E-state index contributed by atoms with van der Waals surface area (Å²) in [6.07, 6.45) is 2.72. The van der Waals surface area contributed by atoms with E-state index in [1.54, 1.807) is 12.1 Å². The topological polar surface area (TPSA) is 77.0 Å². The molecule has 3 rings (SSSR count). The number of benzene rings is 1. The van der Waals surface area contributed by atoms with Gasteiger partial charge in [0.2, 0.25) is 0 Å². The highest BCUT2D eigenvalue weighted by molar-refractivity contribution is 5.27. The minimum Gasteiger partial charge on any atom is -0.508 e. The van der Waals surface area contributed by atoms with Gasteiger partial charge in [0, 0.05) is 13.0 Å². The van der Waals surface area contributed by atoms with Crippen LogP contribution in [0.1, 0.15) is 36.1 Å². The predicted molar refractivity (Wildman–Crippen MR) is 67.1 cm³/mol. The smallest absolute Gasteiger partial charge is 0.155 e. The number of rotatable bonds is 2. The third-order valence-electron chi connectivity index (χ3n) is 3.26. The lowest BCUT2D eigenvalue weighted by Gasteiger charge is -2.17. The molecule has 5 heteroatoms. The van der Waals surface area contributed by atoms with E-state index in [1.165, 1.54) is 0 Å². The zero-order chi connectivity index (χ0) is 12.5. The van der Waals surface area contributed by atoms with Crippen molar-refractivity contribution in [2.45, 2.75) is 31.8 Å². The van der Waals surface area contributed by atoms with Crippen LogP contribution >= 0.6 is 0 Å². The summed E-state index contributed by atoms with van der Waals surface area (Å²) in [6, 6.07) is 7.14. The van der Waals surface area contributed by atoms with Crippen molar-refractivity contribution in [3.05, 3.63) is 41.5 Å². The van der Waals surface area contributed by atoms with Gasteiger partial charge < -0.3 is 10.8 Å². The molecular formula is C13H16N4O. The molecule has 2 aromatic rings. The lowest BCUT2D eigenvalue weighted by atomic mass is 10.1. The van der Waals surface area contributed by atoms with Gasteiger partial charge in [0.1, 0.15) is 11.6 Å². The number of aromatic nitrogens is 3. The maximum absolute atomic E-state index is 9.24. The summed E-state index contributed by atoms with van der Waals surface area (Å²) in [7, 11) is 0. The van der Waals surface area contributed by atoms with Crippen LogP contribution in [0.15, 0.2) is 24.3 Å². The molecule has 0 aliphatic carbocycles. The Morgan fingerprint density at radius 2 is 2.11 bits per heavy atom. The summed E-state index contributed by atoms with van der Waals surface area (Å²) < 4.78 is 1.92. The number of aryl methyl sites for hydroxylation is 1. The predicted octanol–water partition coefficient (Wildman–Crippen LogP) is 1.37. The summed E-state index contributed by atoms with van der Waals surface area (Å²) in [4.78, 5) is 4.51. The zero-order valence-electron chi connectivity index (χ0n) is 10.1. The summed E-state index contributed by atoms with van der Waals surface area (Å²) in [5.41, 5.74) is 7.10. The second-order valence-corrected chi connectivity index (χ2v) is 4.70. The molecule has 1 atom stereocenters. The minimum absolute atomic E-state index is 0.0137. The zero-order valence-corrected chi connectivity index (χ0v) is 10.1. The van der Waals surface area contributed by atoms with Crippen LogP contribution in [0, 0.1) is 0 Å². The highest BCUT2D eigenvalue weighted by Crippen LogP contribution is 2.21. The molecule has 5 nitrogen and oxygen atoms in total. The molecule has 0 bridgehead atoms. The van der Waals surface area contributed by atoms with E-state index in [4.69, 9.17) is 5.73 Å². The van der Waals surface area contributed by atoms with E-state index < -0.39 is 0 Å². The molecule has 94 valence electrons. The third-order valence-corrected chi connectivity index (χ3v) is 3.26. The average molecular weight is 244 g/mol. The fourth-order valence-electron chi connectivity index (χ4n) is 2.30. The molecule has 0 saturated heterocycles. The van der Waals surface area contributed by atoms with Crippen molar-refractivity contribution in [1.82, 2.24) is 14.8 Å². The van der Waals surface area contributed by atoms with Crippen LogP contribution in [0.5, 0.6) is 5.75 Å². The van der Waals surface area contributed by atoms with Crippen molar-refractivity contribution < 1.29 is 5.11 Å². The Balaban J connectivity index is 1.83. The van der Waals surface area contributed by atoms with Gasteiger partial charge in [0.25, 0.3) is 0 Å². The number of nitrogens with two attached hydrogens (primary N) is 1. The molecule has 0 spiro atoms. The molecule has 1 unspecified atom stereocenters. The Bertz CT molecular complexity index is 547. The van der Waals surface area contributed by atoms with Gasteiger partial charge in [0.05, 0.1) is 6.04 Å². The van der Waals surface area contributed by atoms with Gasteiger partial charge in [-0.25, -0.2) is 9.67 Å². The van der Waals surface area contributed by atoms with Gasteiger partial charge in [-0.1, -0.05) is 12.1 Å². The fourth-order valence-corrected chi connectivity index (χ4v) is 2.30. The number of nitrogens with zero attached hydrogens (tertiary/aromatic N) is 3. The number of hydrogen-bond donors (Lipinski definition) is 2. The maximum atomic E-state index is 9.24. The molecule has 0 fully saturated rings. The van der Waals surface area contributed by atoms with E-state index in [2.05, 4.69) is 10.1 Å². The van der Waals surface area contributed by atoms with Crippen LogP contribution < -0.4 is 5.73 Å². The summed E-state index contributed by atoms with van der Waals surface area (Å²) in [5, 5.41) is 13.7. The summed E-state index contributed by atoms with van der Waals surface area (Å²) >= 11 is 0. The number of fused-ring (bicyclic) bond motifs is 1. The minimum atomic E-state index is 0.0137. The van der Waals surface area contributed by atoms with Crippen molar-refractivity contribution in [2.75, 3.05) is 0 Å². The molecular weight excluding hydrogens is 228 g/mol. The quantitative estimate of drug-likeness (QED) is 0.836. The van der Waals surface area contributed by atoms with Gasteiger partial charge in [0.15, 0.2) is 5.82 Å². The van der Waals surface area contributed by atoms with E-state index >= 15 is 0 Å². The molecule has 1 aliphatic rings. The van der Waals surface area contributed by atoms with E-state index in [0.717, 1.165) is 36.6 Å².